The fourth-order valence-electron chi connectivity index (χ4n) is 2.34. The van der Waals surface area contributed by atoms with E-state index >= 15 is 0 Å². The number of furan rings is 1. The van der Waals surface area contributed by atoms with Gasteiger partial charge in [-0.15, -0.1) is 0 Å². The molecule has 0 aliphatic heterocycles. The molecule has 1 heterocycles. The Morgan fingerprint density at radius 3 is 2.56 bits per heavy atom. The summed E-state index contributed by atoms with van der Waals surface area (Å²) in [5.41, 5.74) is 0.667. The summed E-state index contributed by atoms with van der Waals surface area (Å²) < 4.78 is 20.8. The molecule has 0 fully saturated rings. The second-order valence-corrected chi connectivity index (χ2v) is 5.42. The molecule has 2 aromatic rings. The van der Waals surface area contributed by atoms with Crippen molar-refractivity contribution in [3.63, 3.8) is 0 Å². The predicted molar refractivity (Wildman–Crippen MR) is 93.4 cm³/mol. The molecule has 0 aliphatic rings. The molecule has 136 valence electrons. The summed E-state index contributed by atoms with van der Waals surface area (Å²) in [6, 6.07) is 4.89. The normalized spacial score (nSPS) is 10.7. The highest BCUT2D eigenvalue weighted by Crippen LogP contribution is 2.36. The molecule has 1 aromatic carbocycles. The lowest BCUT2D eigenvalue weighted by Gasteiger charge is -2.21. The maximum Gasteiger partial charge on any atom is 0.414 e. The predicted octanol–water partition coefficient (Wildman–Crippen LogP) is 3.87. The minimum absolute atomic E-state index is 0.0803. The van der Waals surface area contributed by atoms with E-state index in [-0.39, 0.29) is 37.8 Å². The number of hydrogen-bond donors (Lipinski definition) is 0. The average Bonchev–Trinajstić information content (AvgIpc) is 2.94. The van der Waals surface area contributed by atoms with Crippen molar-refractivity contribution < 1.29 is 28.2 Å². The number of carbonyl (C=O) groups is 2. The Bertz CT molecular complexity index is 757. The molecular weight excluding hydrogens is 350 g/mol. The summed E-state index contributed by atoms with van der Waals surface area (Å²) in [5.74, 6) is -0.750. The van der Waals surface area contributed by atoms with E-state index in [4.69, 9.17) is 30.2 Å². The van der Waals surface area contributed by atoms with Gasteiger partial charge in [0.05, 0.1) is 26.4 Å². The summed E-state index contributed by atoms with van der Waals surface area (Å²) in [4.78, 5) is 26.0. The lowest BCUT2D eigenvalue weighted by molar-refractivity contribution is 0.0493. The van der Waals surface area contributed by atoms with Gasteiger partial charge in [0.1, 0.15) is 11.3 Å². The van der Waals surface area contributed by atoms with Crippen LogP contribution < -0.4 is 4.90 Å². The highest BCUT2D eigenvalue weighted by atomic mass is 35.5. The van der Waals surface area contributed by atoms with Gasteiger partial charge < -0.3 is 18.6 Å². The topological polar surface area (TPSA) is 78.2 Å². The number of hydrogen-bond acceptors (Lipinski definition) is 6. The molecule has 2 rings (SSSR count). The van der Waals surface area contributed by atoms with Crippen LogP contribution in [-0.4, -0.2) is 45.5 Å². The van der Waals surface area contributed by atoms with Crippen LogP contribution in [0.4, 0.5) is 10.5 Å². The van der Waals surface area contributed by atoms with Crippen molar-refractivity contribution in [2.24, 2.45) is 0 Å². The SMILES string of the molecule is CCOC(=O)c1oc2ccc(Cl)cc2c1N(CCOC)C(=O)OCC. The van der Waals surface area contributed by atoms with Crippen molar-refractivity contribution in [1.29, 1.82) is 0 Å². The van der Waals surface area contributed by atoms with Crippen LogP contribution >= 0.6 is 11.6 Å². The van der Waals surface area contributed by atoms with Gasteiger partial charge in [-0.05, 0) is 32.0 Å². The van der Waals surface area contributed by atoms with E-state index in [1.54, 1.807) is 32.0 Å². The van der Waals surface area contributed by atoms with Crippen molar-refractivity contribution >= 4 is 40.3 Å². The van der Waals surface area contributed by atoms with Crippen LogP contribution in [0.5, 0.6) is 0 Å². The maximum atomic E-state index is 12.4. The van der Waals surface area contributed by atoms with Crippen molar-refractivity contribution in [2.45, 2.75) is 13.8 Å². The third-order valence-electron chi connectivity index (χ3n) is 3.36. The van der Waals surface area contributed by atoms with Crippen molar-refractivity contribution in [3.8, 4) is 0 Å². The Morgan fingerprint density at radius 1 is 1.20 bits per heavy atom. The molecule has 0 bridgehead atoms. The van der Waals surface area contributed by atoms with Crippen LogP contribution in [0.25, 0.3) is 11.0 Å². The largest absolute Gasteiger partial charge is 0.460 e. The number of rotatable bonds is 7. The van der Waals surface area contributed by atoms with E-state index in [9.17, 15) is 9.59 Å². The summed E-state index contributed by atoms with van der Waals surface area (Å²) in [6.45, 7) is 4.16. The lowest BCUT2D eigenvalue weighted by Crippen LogP contribution is -2.35. The average molecular weight is 370 g/mol. The van der Waals surface area contributed by atoms with Gasteiger partial charge in [0.25, 0.3) is 0 Å². The van der Waals surface area contributed by atoms with Gasteiger partial charge in [0, 0.05) is 17.5 Å². The number of benzene rings is 1. The molecule has 0 radical (unpaired) electrons. The van der Waals surface area contributed by atoms with Crippen LogP contribution in [0, 0.1) is 0 Å². The van der Waals surface area contributed by atoms with Gasteiger partial charge in [-0.2, -0.15) is 0 Å². The first kappa shape index (κ1) is 19.1. The van der Waals surface area contributed by atoms with E-state index in [2.05, 4.69) is 0 Å². The standard InChI is InChI=1S/C17H20ClNO6/c1-4-23-16(20)15-14(12-10-11(18)6-7-13(12)25-15)19(8-9-22-3)17(21)24-5-2/h6-7,10H,4-5,8-9H2,1-3H3. The molecule has 0 N–H and O–H groups in total. The minimum atomic E-state index is -0.670. The zero-order valence-electron chi connectivity index (χ0n) is 14.3. The Morgan fingerprint density at radius 2 is 1.92 bits per heavy atom. The minimum Gasteiger partial charge on any atom is -0.460 e. The van der Waals surface area contributed by atoms with Gasteiger partial charge in [0.2, 0.25) is 5.76 Å². The van der Waals surface area contributed by atoms with E-state index in [0.717, 1.165) is 0 Å². The number of halogens is 1. The number of methoxy groups -OCH3 is 1. The molecule has 1 aromatic heterocycles. The molecule has 1 amide bonds. The molecule has 0 saturated carbocycles. The number of nitrogens with zero attached hydrogens (tertiary/aromatic N) is 1. The number of amides is 1. The number of fused-ring (bicyclic) bond motifs is 1. The lowest BCUT2D eigenvalue weighted by atomic mass is 10.2. The quantitative estimate of drug-likeness (QED) is 0.689. The van der Waals surface area contributed by atoms with E-state index < -0.39 is 12.1 Å². The third-order valence-corrected chi connectivity index (χ3v) is 3.60. The van der Waals surface area contributed by atoms with Crippen LogP contribution in [0.15, 0.2) is 22.6 Å². The zero-order chi connectivity index (χ0) is 18.4. The van der Waals surface area contributed by atoms with Crippen molar-refractivity contribution in [3.05, 3.63) is 29.0 Å². The number of ether oxygens (including phenoxy) is 3. The van der Waals surface area contributed by atoms with Gasteiger partial charge in [-0.1, -0.05) is 11.6 Å². The van der Waals surface area contributed by atoms with Gasteiger partial charge in [-0.25, -0.2) is 9.59 Å². The molecular formula is C17H20ClNO6. The fourth-order valence-corrected chi connectivity index (χ4v) is 2.51. The third kappa shape index (κ3) is 4.24. The highest BCUT2D eigenvalue weighted by molar-refractivity contribution is 6.31. The van der Waals surface area contributed by atoms with Crippen LogP contribution in [0.2, 0.25) is 5.02 Å². The molecule has 7 nitrogen and oxygen atoms in total. The molecule has 0 saturated heterocycles. The monoisotopic (exact) mass is 369 g/mol. The Kier molecular flexibility index (Phi) is 6.66. The van der Waals surface area contributed by atoms with Gasteiger partial charge in [-0.3, -0.25) is 4.90 Å². The molecule has 25 heavy (non-hydrogen) atoms. The number of carbonyl (C=O) groups excluding carboxylic acids is 2. The summed E-state index contributed by atoms with van der Waals surface area (Å²) >= 11 is 6.07. The van der Waals surface area contributed by atoms with E-state index in [1.807, 2.05) is 0 Å². The molecule has 0 atom stereocenters. The zero-order valence-corrected chi connectivity index (χ0v) is 15.1. The maximum absolute atomic E-state index is 12.4. The Labute approximate surface area is 150 Å². The van der Waals surface area contributed by atoms with Gasteiger partial charge >= 0.3 is 12.1 Å². The van der Waals surface area contributed by atoms with Gasteiger partial charge in [0.15, 0.2) is 0 Å². The van der Waals surface area contributed by atoms with E-state index in [1.165, 1.54) is 12.0 Å². The fraction of sp³-hybridized carbons (Fsp3) is 0.412. The van der Waals surface area contributed by atoms with Crippen molar-refractivity contribution in [2.75, 3.05) is 38.4 Å². The summed E-state index contributed by atoms with van der Waals surface area (Å²) in [5, 5.41) is 0.959. The van der Waals surface area contributed by atoms with Crippen molar-refractivity contribution in [1.82, 2.24) is 0 Å². The Hall–Kier alpha value is -2.25. The second kappa shape index (κ2) is 8.73. The number of anilines is 1. The first-order chi connectivity index (χ1) is 12.0. The molecule has 0 unspecified atom stereocenters. The number of esters is 1. The van der Waals surface area contributed by atoms with Crippen LogP contribution in [-0.2, 0) is 14.2 Å². The highest BCUT2D eigenvalue weighted by Gasteiger charge is 2.30. The Balaban J connectivity index is 2.63. The van der Waals surface area contributed by atoms with Crippen LogP contribution in [0.3, 0.4) is 0 Å². The second-order valence-electron chi connectivity index (χ2n) is 4.98. The van der Waals surface area contributed by atoms with Crippen LogP contribution in [0.1, 0.15) is 24.4 Å². The summed E-state index contributed by atoms with van der Waals surface area (Å²) in [7, 11) is 1.51. The molecule has 0 aliphatic carbocycles. The van der Waals surface area contributed by atoms with E-state index in [0.29, 0.717) is 16.0 Å². The summed E-state index contributed by atoms with van der Waals surface area (Å²) in [6.07, 6.45) is -0.618. The molecule has 8 heteroatoms. The molecule has 0 spiro atoms. The first-order valence-corrected chi connectivity index (χ1v) is 8.23. The first-order valence-electron chi connectivity index (χ1n) is 7.85. The smallest absolute Gasteiger partial charge is 0.414 e.